The van der Waals surface area contributed by atoms with E-state index in [4.69, 9.17) is 10.5 Å². The van der Waals surface area contributed by atoms with Gasteiger partial charge >= 0.3 is 0 Å². The van der Waals surface area contributed by atoms with Crippen molar-refractivity contribution < 1.29 is 9.53 Å². The summed E-state index contributed by atoms with van der Waals surface area (Å²) in [6.07, 6.45) is 1.47. The van der Waals surface area contributed by atoms with Crippen LogP contribution in [0.1, 0.15) is 39.7 Å². The molecule has 0 fully saturated rings. The largest absolute Gasteiger partial charge is 0.496 e. The fourth-order valence-corrected chi connectivity index (χ4v) is 2.70. The molecule has 0 aromatic heterocycles. The third kappa shape index (κ3) is 5.54. The van der Waals surface area contributed by atoms with Crippen LogP contribution < -0.4 is 10.5 Å². The second-order valence-electron chi connectivity index (χ2n) is 7.30. The number of amides is 1. The summed E-state index contributed by atoms with van der Waals surface area (Å²) in [6, 6.07) is 7.99. The highest BCUT2D eigenvalue weighted by molar-refractivity contribution is 5.82. The number of hydrogen-bond acceptors (Lipinski definition) is 3. The number of methoxy groups -OCH3 is 1. The number of carbonyl (C=O) groups is 1. The van der Waals surface area contributed by atoms with Crippen molar-refractivity contribution >= 4 is 5.91 Å². The standard InChI is InChI=1S/C19H32N2O2/c1-14(2)16(20)11-12-21(5)18(22)19(3,4)13-15-9-7-8-10-17(15)23-6/h7-10,14,16H,11-13,20H2,1-6H3. The summed E-state index contributed by atoms with van der Waals surface area (Å²) in [6.45, 7) is 8.88. The second kappa shape index (κ2) is 8.34. The Labute approximate surface area is 141 Å². The van der Waals surface area contributed by atoms with Gasteiger partial charge in [0.05, 0.1) is 7.11 Å². The first-order valence-electron chi connectivity index (χ1n) is 8.32. The predicted octanol–water partition coefficient (Wildman–Crippen LogP) is 3.10. The third-order valence-corrected chi connectivity index (χ3v) is 4.40. The van der Waals surface area contributed by atoms with Gasteiger partial charge in [0.2, 0.25) is 5.91 Å². The number of rotatable bonds is 8. The minimum absolute atomic E-state index is 0.127. The Hall–Kier alpha value is -1.55. The van der Waals surface area contributed by atoms with Gasteiger partial charge in [-0.05, 0) is 30.4 Å². The van der Waals surface area contributed by atoms with Crippen LogP contribution in [0.25, 0.3) is 0 Å². The Morgan fingerprint density at radius 2 is 1.91 bits per heavy atom. The molecule has 0 saturated heterocycles. The molecule has 23 heavy (non-hydrogen) atoms. The number of nitrogens with two attached hydrogens (primary N) is 1. The summed E-state index contributed by atoms with van der Waals surface area (Å²) in [5.74, 6) is 1.40. The Morgan fingerprint density at radius 1 is 1.30 bits per heavy atom. The van der Waals surface area contributed by atoms with Gasteiger partial charge in [-0.2, -0.15) is 0 Å². The lowest BCUT2D eigenvalue weighted by atomic mass is 9.84. The first kappa shape index (κ1) is 19.5. The number of ether oxygens (including phenoxy) is 1. The Balaban J connectivity index is 2.72. The number of nitrogens with zero attached hydrogens (tertiary/aromatic N) is 1. The molecule has 1 unspecified atom stereocenters. The smallest absolute Gasteiger partial charge is 0.228 e. The Kier molecular flexibility index (Phi) is 7.07. The Morgan fingerprint density at radius 3 is 2.48 bits per heavy atom. The molecule has 0 heterocycles. The van der Waals surface area contributed by atoms with Crippen molar-refractivity contribution in [3.63, 3.8) is 0 Å². The molecule has 1 rings (SSSR count). The molecule has 1 aromatic carbocycles. The first-order chi connectivity index (χ1) is 10.7. The second-order valence-corrected chi connectivity index (χ2v) is 7.30. The van der Waals surface area contributed by atoms with E-state index in [-0.39, 0.29) is 11.9 Å². The van der Waals surface area contributed by atoms with Crippen LogP contribution in [-0.2, 0) is 11.2 Å². The van der Waals surface area contributed by atoms with E-state index in [9.17, 15) is 4.79 Å². The topological polar surface area (TPSA) is 55.6 Å². The van der Waals surface area contributed by atoms with Gasteiger partial charge < -0.3 is 15.4 Å². The molecule has 4 heteroatoms. The van der Waals surface area contributed by atoms with Crippen molar-refractivity contribution in [1.29, 1.82) is 0 Å². The maximum Gasteiger partial charge on any atom is 0.228 e. The highest BCUT2D eigenvalue weighted by atomic mass is 16.5. The van der Waals surface area contributed by atoms with Crippen LogP contribution in [0.5, 0.6) is 5.75 Å². The molecular formula is C19H32N2O2. The van der Waals surface area contributed by atoms with Gasteiger partial charge in [0, 0.05) is 25.0 Å². The van der Waals surface area contributed by atoms with E-state index >= 15 is 0 Å². The highest BCUT2D eigenvalue weighted by Crippen LogP contribution is 2.29. The number of hydrogen-bond donors (Lipinski definition) is 1. The molecule has 0 bridgehead atoms. The molecule has 1 atom stereocenters. The predicted molar refractivity (Wildman–Crippen MR) is 95.5 cm³/mol. The molecular weight excluding hydrogens is 288 g/mol. The molecule has 0 spiro atoms. The van der Waals surface area contributed by atoms with Gasteiger partial charge in [0.25, 0.3) is 0 Å². The van der Waals surface area contributed by atoms with Crippen molar-refractivity contribution in [2.24, 2.45) is 17.1 Å². The highest BCUT2D eigenvalue weighted by Gasteiger charge is 2.31. The van der Waals surface area contributed by atoms with Gasteiger partial charge in [0.15, 0.2) is 0 Å². The van der Waals surface area contributed by atoms with Crippen molar-refractivity contribution in [2.75, 3.05) is 20.7 Å². The van der Waals surface area contributed by atoms with Crippen molar-refractivity contribution in [1.82, 2.24) is 4.90 Å². The van der Waals surface area contributed by atoms with Gasteiger partial charge in [-0.3, -0.25) is 4.79 Å². The first-order valence-corrected chi connectivity index (χ1v) is 8.32. The third-order valence-electron chi connectivity index (χ3n) is 4.40. The van der Waals surface area contributed by atoms with Crippen molar-refractivity contribution in [3.05, 3.63) is 29.8 Å². The van der Waals surface area contributed by atoms with Crippen molar-refractivity contribution in [2.45, 2.75) is 46.6 Å². The molecule has 0 saturated carbocycles. The average molecular weight is 320 g/mol. The maximum absolute atomic E-state index is 12.8. The van der Waals surface area contributed by atoms with Crippen LogP contribution in [0.3, 0.4) is 0 Å². The van der Waals surface area contributed by atoms with Gasteiger partial charge in [-0.15, -0.1) is 0 Å². The lowest BCUT2D eigenvalue weighted by Gasteiger charge is -2.31. The molecule has 130 valence electrons. The SMILES string of the molecule is COc1ccccc1CC(C)(C)C(=O)N(C)CCC(N)C(C)C. The lowest BCUT2D eigenvalue weighted by molar-refractivity contribution is -0.139. The maximum atomic E-state index is 12.8. The van der Waals surface area contributed by atoms with Crippen LogP contribution in [0.15, 0.2) is 24.3 Å². The minimum atomic E-state index is -0.481. The number of carbonyl (C=O) groups excluding carboxylic acids is 1. The summed E-state index contributed by atoms with van der Waals surface area (Å²) in [7, 11) is 3.52. The lowest BCUT2D eigenvalue weighted by Crippen LogP contribution is -2.42. The summed E-state index contributed by atoms with van der Waals surface area (Å²) in [5, 5.41) is 0. The zero-order chi connectivity index (χ0) is 17.6. The van der Waals surface area contributed by atoms with Crippen LogP contribution in [0, 0.1) is 11.3 Å². The van der Waals surface area contributed by atoms with Crippen LogP contribution in [0.4, 0.5) is 0 Å². The summed E-state index contributed by atoms with van der Waals surface area (Å²) in [5.41, 5.74) is 6.66. The fraction of sp³-hybridized carbons (Fsp3) is 0.632. The zero-order valence-corrected chi connectivity index (χ0v) is 15.4. The zero-order valence-electron chi connectivity index (χ0n) is 15.4. The summed E-state index contributed by atoms with van der Waals surface area (Å²) >= 11 is 0. The van der Waals surface area contributed by atoms with Gasteiger partial charge in [-0.25, -0.2) is 0 Å². The van der Waals surface area contributed by atoms with Crippen LogP contribution in [-0.4, -0.2) is 37.6 Å². The Bertz CT molecular complexity index is 512. The monoisotopic (exact) mass is 320 g/mol. The van der Waals surface area contributed by atoms with Crippen LogP contribution in [0.2, 0.25) is 0 Å². The average Bonchev–Trinajstić information content (AvgIpc) is 2.51. The van der Waals surface area contributed by atoms with Gasteiger partial charge in [-0.1, -0.05) is 45.9 Å². The minimum Gasteiger partial charge on any atom is -0.496 e. The molecule has 0 radical (unpaired) electrons. The molecule has 4 nitrogen and oxygen atoms in total. The number of benzene rings is 1. The van der Waals surface area contributed by atoms with E-state index < -0.39 is 5.41 Å². The van der Waals surface area contributed by atoms with E-state index in [2.05, 4.69) is 13.8 Å². The van der Waals surface area contributed by atoms with E-state index in [1.54, 1.807) is 12.0 Å². The van der Waals surface area contributed by atoms with E-state index in [0.29, 0.717) is 18.9 Å². The molecule has 1 aromatic rings. The molecule has 1 amide bonds. The van der Waals surface area contributed by atoms with E-state index in [0.717, 1.165) is 17.7 Å². The normalized spacial score (nSPS) is 13.0. The molecule has 0 aliphatic heterocycles. The quantitative estimate of drug-likeness (QED) is 0.801. The fourth-order valence-electron chi connectivity index (χ4n) is 2.70. The summed E-state index contributed by atoms with van der Waals surface area (Å²) < 4.78 is 5.40. The molecule has 2 N–H and O–H groups in total. The summed E-state index contributed by atoms with van der Waals surface area (Å²) in [4.78, 5) is 14.6. The van der Waals surface area contributed by atoms with E-state index in [1.807, 2.05) is 45.2 Å². The molecule has 0 aliphatic carbocycles. The van der Waals surface area contributed by atoms with Crippen molar-refractivity contribution in [3.8, 4) is 5.75 Å². The van der Waals surface area contributed by atoms with E-state index in [1.165, 1.54) is 0 Å². The van der Waals surface area contributed by atoms with Gasteiger partial charge in [0.1, 0.15) is 5.75 Å². The van der Waals surface area contributed by atoms with Crippen LogP contribution >= 0.6 is 0 Å². The number of para-hydroxylation sites is 1. The molecule has 0 aliphatic rings.